The van der Waals surface area contributed by atoms with Crippen LogP contribution in [-0.4, -0.2) is 59.5 Å². The molecule has 2 heterocycles. The molecule has 27 heavy (non-hydrogen) atoms. The van der Waals surface area contributed by atoms with Gasteiger partial charge in [-0.1, -0.05) is 32.8 Å². The monoisotopic (exact) mass is 372 g/mol. The molecule has 1 aromatic heterocycles. The van der Waals surface area contributed by atoms with Crippen LogP contribution in [0, 0.1) is 18.8 Å². The molecule has 2 atom stereocenters. The van der Waals surface area contributed by atoms with E-state index in [0.717, 1.165) is 50.8 Å². The molecule has 1 saturated heterocycles. The third kappa shape index (κ3) is 5.76. The first-order valence-corrected chi connectivity index (χ1v) is 10.7. The maximum Gasteiger partial charge on any atom is 0.234 e. The summed E-state index contributed by atoms with van der Waals surface area (Å²) < 4.78 is 0. The van der Waals surface area contributed by atoms with Crippen LogP contribution in [0.15, 0.2) is 18.3 Å². The van der Waals surface area contributed by atoms with Gasteiger partial charge in [0, 0.05) is 50.7 Å². The summed E-state index contributed by atoms with van der Waals surface area (Å²) in [6, 6.07) is 4.71. The molecule has 0 radical (unpaired) electrons. The van der Waals surface area contributed by atoms with Gasteiger partial charge in [0.25, 0.3) is 0 Å². The first-order valence-electron chi connectivity index (χ1n) is 10.7. The molecule has 0 spiro atoms. The Hall–Kier alpha value is -1.46. The summed E-state index contributed by atoms with van der Waals surface area (Å²) in [6.45, 7) is 12.0. The third-order valence-electron chi connectivity index (χ3n) is 6.46. The van der Waals surface area contributed by atoms with Gasteiger partial charge in [0.2, 0.25) is 5.91 Å². The summed E-state index contributed by atoms with van der Waals surface area (Å²) in [5, 5.41) is 3.16. The second-order valence-corrected chi connectivity index (χ2v) is 8.57. The lowest BCUT2D eigenvalue weighted by atomic mass is 9.85. The highest BCUT2D eigenvalue weighted by molar-refractivity contribution is 5.78. The number of amides is 1. The second-order valence-electron chi connectivity index (χ2n) is 8.57. The predicted molar refractivity (Wildman–Crippen MR) is 109 cm³/mol. The number of aromatic nitrogens is 1. The molecule has 1 N–H and O–H groups in total. The highest BCUT2D eigenvalue weighted by Crippen LogP contribution is 2.25. The Balaban J connectivity index is 1.53. The Morgan fingerprint density at radius 1 is 1.33 bits per heavy atom. The molecule has 0 bridgehead atoms. The van der Waals surface area contributed by atoms with Crippen molar-refractivity contribution < 1.29 is 4.79 Å². The lowest BCUT2D eigenvalue weighted by Gasteiger charge is -2.43. The van der Waals surface area contributed by atoms with E-state index in [1.165, 1.54) is 24.8 Å². The predicted octanol–water partition coefficient (Wildman–Crippen LogP) is 2.84. The number of carbonyl (C=O) groups is 1. The van der Waals surface area contributed by atoms with Gasteiger partial charge in [-0.25, -0.2) is 0 Å². The Kier molecular flexibility index (Phi) is 7.25. The smallest absolute Gasteiger partial charge is 0.234 e. The fourth-order valence-corrected chi connectivity index (χ4v) is 4.10. The van der Waals surface area contributed by atoms with Gasteiger partial charge in [0.05, 0.1) is 6.54 Å². The van der Waals surface area contributed by atoms with Crippen molar-refractivity contribution in [2.75, 3.05) is 32.7 Å². The zero-order chi connectivity index (χ0) is 19.2. The van der Waals surface area contributed by atoms with Gasteiger partial charge in [0.1, 0.15) is 0 Å². The maximum atomic E-state index is 12.4. The third-order valence-corrected chi connectivity index (χ3v) is 6.46. The second kappa shape index (κ2) is 9.65. The van der Waals surface area contributed by atoms with Crippen LogP contribution >= 0.6 is 0 Å². The lowest BCUT2D eigenvalue weighted by molar-refractivity contribution is -0.124. The van der Waals surface area contributed by atoms with E-state index in [1.54, 1.807) is 0 Å². The van der Waals surface area contributed by atoms with E-state index in [0.29, 0.717) is 18.5 Å². The first kappa shape index (κ1) is 20.3. The molecule has 1 aliphatic heterocycles. The SMILES string of the molecule is CC[C@H](C)[C@H]1CN(Cc2ccc(C)nc2)CCN1CC(=O)NCC1CCC1. The molecule has 1 amide bonds. The zero-order valence-electron chi connectivity index (χ0n) is 17.3. The van der Waals surface area contributed by atoms with E-state index in [9.17, 15) is 4.79 Å². The molecule has 150 valence electrons. The summed E-state index contributed by atoms with van der Waals surface area (Å²) in [5.74, 6) is 1.51. The fourth-order valence-electron chi connectivity index (χ4n) is 4.10. The zero-order valence-corrected chi connectivity index (χ0v) is 17.3. The van der Waals surface area contributed by atoms with E-state index in [-0.39, 0.29) is 5.91 Å². The van der Waals surface area contributed by atoms with E-state index in [4.69, 9.17) is 0 Å². The summed E-state index contributed by atoms with van der Waals surface area (Å²) in [4.78, 5) is 21.8. The van der Waals surface area contributed by atoms with Crippen LogP contribution in [0.25, 0.3) is 0 Å². The first-order chi connectivity index (χ1) is 13.0. The van der Waals surface area contributed by atoms with Crippen LogP contribution in [0.1, 0.15) is 50.8 Å². The average molecular weight is 373 g/mol. The normalized spacial score (nSPS) is 23.0. The molecule has 0 aromatic carbocycles. The van der Waals surface area contributed by atoms with E-state index in [1.807, 2.05) is 13.1 Å². The van der Waals surface area contributed by atoms with Crippen LogP contribution in [0.3, 0.4) is 0 Å². The Morgan fingerprint density at radius 2 is 2.15 bits per heavy atom. The van der Waals surface area contributed by atoms with Gasteiger partial charge < -0.3 is 5.32 Å². The number of rotatable bonds is 8. The molecule has 0 unspecified atom stereocenters. The minimum atomic E-state index is 0.200. The number of nitrogens with one attached hydrogen (secondary N) is 1. The van der Waals surface area contributed by atoms with E-state index < -0.39 is 0 Å². The van der Waals surface area contributed by atoms with Gasteiger partial charge in [-0.3, -0.25) is 19.6 Å². The molecule has 1 aliphatic carbocycles. The van der Waals surface area contributed by atoms with E-state index >= 15 is 0 Å². The summed E-state index contributed by atoms with van der Waals surface area (Å²) in [6.07, 6.45) is 7.03. The van der Waals surface area contributed by atoms with Gasteiger partial charge in [-0.05, 0) is 43.2 Å². The quantitative estimate of drug-likeness (QED) is 0.762. The van der Waals surface area contributed by atoms with Gasteiger partial charge in [-0.2, -0.15) is 0 Å². The fraction of sp³-hybridized carbons (Fsp3) is 0.727. The van der Waals surface area contributed by atoms with Crippen LogP contribution in [0.2, 0.25) is 0 Å². The van der Waals surface area contributed by atoms with Crippen molar-refractivity contribution in [1.82, 2.24) is 20.1 Å². The largest absolute Gasteiger partial charge is 0.355 e. The number of hydrogen-bond donors (Lipinski definition) is 1. The molecular formula is C22H36N4O. The minimum absolute atomic E-state index is 0.200. The van der Waals surface area contributed by atoms with Crippen molar-refractivity contribution in [3.8, 4) is 0 Å². The average Bonchev–Trinajstić information content (AvgIpc) is 2.63. The standard InChI is InChI=1S/C22H36N4O/c1-4-17(2)21-15-25(14-20-9-8-18(3)23-13-20)10-11-26(21)16-22(27)24-12-19-6-5-7-19/h8-9,13,17,19,21H,4-7,10-12,14-16H2,1-3H3,(H,24,27)/t17-,21+/m0/s1. The van der Waals surface area contributed by atoms with Crippen molar-refractivity contribution in [3.63, 3.8) is 0 Å². The van der Waals surface area contributed by atoms with Gasteiger partial charge in [-0.15, -0.1) is 0 Å². The van der Waals surface area contributed by atoms with Crippen LogP contribution in [-0.2, 0) is 11.3 Å². The summed E-state index contributed by atoms with van der Waals surface area (Å²) in [7, 11) is 0. The molecular weight excluding hydrogens is 336 g/mol. The maximum absolute atomic E-state index is 12.4. The van der Waals surface area contributed by atoms with Crippen LogP contribution < -0.4 is 5.32 Å². The molecule has 5 heteroatoms. The number of carbonyl (C=O) groups excluding carboxylic acids is 1. The van der Waals surface area contributed by atoms with Crippen molar-refractivity contribution >= 4 is 5.91 Å². The number of hydrogen-bond acceptors (Lipinski definition) is 4. The topological polar surface area (TPSA) is 48.5 Å². The molecule has 1 aromatic rings. The van der Waals surface area contributed by atoms with Crippen molar-refractivity contribution in [2.45, 2.75) is 59.0 Å². The van der Waals surface area contributed by atoms with Gasteiger partial charge in [0.15, 0.2) is 0 Å². The number of nitrogens with zero attached hydrogens (tertiary/aromatic N) is 3. The molecule has 3 rings (SSSR count). The van der Waals surface area contributed by atoms with E-state index in [2.05, 4.69) is 46.1 Å². The minimum Gasteiger partial charge on any atom is -0.355 e. The Labute approximate surface area is 164 Å². The molecule has 5 nitrogen and oxygen atoms in total. The highest BCUT2D eigenvalue weighted by atomic mass is 16.2. The highest BCUT2D eigenvalue weighted by Gasteiger charge is 2.31. The number of piperazine rings is 1. The summed E-state index contributed by atoms with van der Waals surface area (Å²) >= 11 is 0. The molecule has 2 aliphatic rings. The van der Waals surface area contributed by atoms with Crippen LogP contribution in [0.5, 0.6) is 0 Å². The Morgan fingerprint density at radius 3 is 2.78 bits per heavy atom. The molecule has 1 saturated carbocycles. The van der Waals surface area contributed by atoms with Crippen LogP contribution in [0.4, 0.5) is 0 Å². The molecule has 2 fully saturated rings. The van der Waals surface area contributed by atoms with Crippen molar-refractivity contribution in [1.29, 1.82) is 0 Å². The lowest BCUT2D eigenvalue weighted by Crippen LogP contribution is -2.57. The summed E-state index contributed by atoms with van der Waals surface area (Å²) in [5.41, 5.74) is 2.34. The number of pyridine rings is 1. The number of aryl methyl sites for hydroxylation is 1. The Bertz CT molecular complexity index is 599. The van der Waals surface area contributed by atoms with Gasteiger partial charge >= 0.3 is 0 Å². The van der Waals surface area contributed by atoms with Crippen molar-refractivity contribution in [3.05, 3.63) is 29.6 Å². The van der Waals surface area contributed by atoms with Crippen molar-refractivity contribution in [2.24, 2.45) is 11.8 Å².